The quantitative estimate of drug-likeness (QED) is 0.374. The molecule has 1 N–H and O–H groups in total. The number of Topliss-reactive ketones (excluding diaryl/α,β-unsaturated/α-hetero) is 1. The van der Waals surface area contributed by atoms with E-state index >= 15 is 0 Å². The number of rotatable bonds is 4. The van der Waals surface area contributed by atoms with Crippen LogP contribution < -0.4 is 5.32 Å². The predicted molar refractivity (Wildman–Crippen MR) is 117 cm³/mol. The van der Waals surface area contributed by atoms with Gasteiger partial charge in [0.25, 0.3) is 5.69 Å². The summed E-state index contributed by atoms with van der Waals surface area (Å²) >= 11 is 0. The number of anilines is 1. The number of pyridine rings is 1. The highest BCUT2D eigenvalue weighted by Crippen LogP contribution is 2.55. The first-order chi connectivity index (χ1) is 15.8. The van der Waals surface area contributed by atoms with Crippen LogP contribution in [0.1, 0.15) is 27.5 Å². The van der Waals surface area contributed by atoms with E-state index in [1.165, 1.54) is 36.5 Å². The summed E-state index contributed by atoms with van der Waals surface area (Å²) in [5.41, 5.74) is -0.0574. The van der Waals surface area contributed by atoms with Gasteiger partial charge < -0.3 is 5.32 Å². The molecule has 166 valence electrons. The van der Waals surface area contributed by atoms with Gasteiger partial charge in [0.05, 0.1) is 10.8 Å². The molecule has 0 radical (unpaired) electrons. The van der Waals surface area contributed by atoms with Crippen LogP contribution in [0.25, 0.3) is 0 Å². The third kappa shape index (κ3) is 3.04. The summed E-state index contributed by atoms with van der Waals surface area (Å²) in [4.78, 5) is 44.2. The monoisotopic (exact) mass is 446 g/mol. The fourth-order valence-electron chi connectivity index (χ4n) is 5.25. The van der Waals surface area contributed by atoms with Gasteiger partial charge in [-0.05, 0) is 42.9 Å². The average Bonchev–Trinajstić information content (AvgIpc) is 3.29. The lowest BCUT2D eigenvalue weighted by molar-refractivity contribution is -0.384. The molecule has 3 heterocycles. The third-order valence-electron chi connectivity index (χ3n) is 6.62. The number of non-ortho nitro benzene ring substituents is 1. The van der Waals surface area contributed by atoms with Gasteiger partial charge in [0.15, 0.2) is 5.78 Å². The van der Waals surface area contributed by atoms with Crippen LogP contribution in [0, 0.1) is 21.8 Å². The van der Waals surface area contributed by atoms with Crippen LogP contribution in [0.4, 0.5) is 15.8 Å². The number of nitro benzene ring substituents is 1. The van der Waals surface area contributed by atoms with Crippen molar-refractivity contribution in [3.05, 3.63) is 99.6 Å². The third-order valence-corrected chi connectivity index (χ3v) is 6.62. The first kappa shape index (κ1) is 20.9. The van der Waals surface area contributed by atoms with Gasteiger partial charge in [-0.15, -0.1) is 0 Å². The Kier molecular flexibility index (Phi) is 4.79. The maximum absolute atomic E-state index is 14.3. The lowest BCUT2D eigenvalue weighted by Crippen LogP contribution is -2.51. The molecule has 0 aliphatic carbocycles. The van der Waals surface area contributed by atoms with Gasteiger partial charge in [0, 0.05) is 42.0 Å². The molecule has 0 bridgehead atoms. The summed E-state index contributed by atoms with van der Waals surface area (Å²) in [6.45, 7) is 0.258. The fourth-order valence-corrected chi connectivity index (χ4v) is 5.25. The van der Waals surface area contributed by atoms with Crippen LogP contribution in [-0.2, 0) is 10.3 Å². The van der Waals surface area contributed by atoms with Crippen molar-refractivity contribution in [3.63, 3.8) is 0 Å². The Hall–Kier alpha value is -3.98. The number of carbonyl (C=O) groups is 2. The van der Waals surface area contributed by atoms with Crippen LogP contribution in [0.15, 0.2) is 66.9 Å². The second kappa shape index (κ2) is 7.56. The largest absolute Gasteiger partial charge is 0.324 e. The SMILES string of the molecule is CN1C[C@H](c2cccc([N+](=O)[O-])c2)[C@H](C(=O)c2ccccn2)[C@@]12C(=O)Nc1ccc(F)cc12. The first-order valence-electron chi connectivity index (χ1n) is 10.4. The molecule has 0 unspecified atom stereocenters. The number of likely N-dealkylation sites (N-methyl/N-ethyl adjacent to an activating group) is 1. The van der Waals surface area contributed by atoms with Crippen molar-refractivity contribution in [3.8, 4) is 0 Å². The van der Waals surface area contributed by atoms with Crippen molar-refractivity contribution in [2.75, 3.05) is 18.9 Å². The number of nitrogens with one attached hydrogen (secondary N) is 1. The lowest BCUT2D eigenvalue weighted by atomic mass is 9.71. The van der Waals surface area contributed by atoms with Gasteiger partial charge in [-0.3, -0.25) is 29.6 Å². The Balaban J connectivity index is 1.74. The van der Waals surface area contributed by atoms with E-state index in [4.69, 9.17) is 0 Å². The van der Waals surface area contributed by atoms with Gasteiger partial charge >= 0.3 is 0 Å². The first-order valence-corrected chi connectivity index (χ1v) is 10.4. The smallest absolute Gasteiger partial charge is 0.269 e. The van der Waals surface area contributed by atoms with E-state index in [1.807, 2.05) is 0 Å². The molecule has 1 amide bonds. The van der Waals surface area contributed by atoms with Crippen molar-refractivity contribution < 1.29 is 18.9 Å². The van der Waals surface area contributed by atoms with Gasteiger partial charge in [-0.2, -0.15) is 0 Å². The van der Waals surface area contributed by atoms with Gasteiger partial charge in [-0.1, -0.05) is 18.2 Å². The Morgan fingerprint density at radius 3 is 2.76 bits per heavy atom. The van der Waals surface area contributed by atoms with Crippen molar-refractivity contribution in [1.29, 1.82) is 0 Å². The maximum atomic E-state index is 14.3. The molecule has 1 spiro atoms. The zero-order chi connectivity index (χ0) is 23.3. The number of nitro groups is 1. The predicted octanol–water partition coefficient (Wildman–Crippen LogP) is 3.50. The highest BCUT2D eigenvalue weighted by Gasteiger charge is 2.64. The Morgan fingerprint density at radius 2 is 2.03 bits per heavy atom. The minimum Gasteiger partial charge on any atom is -0.324 e. The second-order valence-electron chi connectivity index (χ2n) is 8.31. The van der Waals surface area contributed by atoms with E-state index < -0.39 is 34.0 Å². The Bertz CT molecular complexity index is 1300. The van der Waals surface area contributed by atoms with E-state index in [-0.39, 0.29) is 23.7 Å². The number of nitrogens with zero attached hydrogens (tertiary/aromatic N) is 3. The molecule has 1 saturated heterocycles. The van der Waals surface area contributed by atoms with Crippen molar-refractivity contribution >= 4 is 23.1 Å². The van der Waals surface area contributed by atoms with Crippen LogP contribution >= 0.6 is 0 Å². The average molecular weight is 446 g/mol. The minimum atomic E-state index is -1.48. The molecule has 2 aliphatic heterocycles. The molecule has 2 aliphatic rings. The number of fused-ring (bicyclic) bond motifs is 2. The number of hydrogen-bond acceptors (Lipinski definition) is 6. The summed E-state index contributed by atoms with van der Waals surface area (Å²) in [6.07, 6.45) is 1.49. The van der Waals surface area contributed by atoms with Crippen LogP contribution in [0.2, 0.25) is 0 Å². The van der Waals surface area contributed by atoms with E-state index in [0.29, 0.717) is 16.8 Å². The number of benzene rings is 2. The number of halogens is 1. The molecule has 1 fully saturated rings. The zero-order valence-corrected chi connectivity index (χ0v) is 17.6. The summed E-state index contributed by atoms with van der Waals surface area (Å²) in [7, 11) is 1.70. The van der Waals surface area contributed by atoms with Gasteiger partial charge in [0.2, 0.25) is 5.91 Å². The normalized spacial score (nSPS) is 24.0. The zero-order valence-electron chi connectivity index (χ0n) is 17.6. The van der Waals surface area contributed by atoms with E-state index in [0.717, 1.165) is 0 Å². The summed E-state index contributed by atoms with van der Waals surface area (Å²) in [6, 6.07) is 15.0. The van der Waals surface area contributed by atoms with Gasteiger partial charge in [0.1, 0.15) is 17.1 Å². The number of likely N-dealkylation sites (tertiary alicyclic amines) is 1. The molecule has 2 aromatic carbocycles. The highest BCUT2D eigenvalue weighted by molar-refractivity contribution is 6.11. The number of ketones is 1. The molecule has 5 rings (SSSR count). The maximum Gasteiger partial charge on any atom is 0.269 e. The molecule has 1 aromatic heterocycles. The van der Waals surface area contributed by atoms with Gasteiger partial charge in [-0.25, -0.2) is 4.39 Å². The fraction of sp³-hybridized carbons (Fsp3) is 0.208. The molecular formula is C24H19FN4O4. The van der Waals surface area contributed by atoms with E-state index in [1.54, 1.807) is 42.3 Å². The standard InChI is InChI=1S/C24H19FN4O4/c1-28-13-17(14-5-4-6-16(11-14)29(32)33)21(22(30)20-7-2-3-10-26-20)24(28)18-12-15(25)8-9-19(18)27-23(24)31/h2-12,17,21H,13H2,1H3,(H,27,31)/t17-,21-,24+/m1/s1. The van der Waals surface area contributed by atoms with Crippen LogP contribution in [0.3, 0.4) is 0 Å². The van der Waals surface area contributed by atoms with Crippen molar-refractivity contribution in [2.24, 2.45) is 5.92 Å². The molecule has 9 heteroatoms. The molecular weight excluding hydrogens is 427 g/mol. The summed E-state index contributed by atoms with van der Waals surface area (Å²) in [5.74, 6) is -2.90. The Morgan fingerprint density at radius 1 is 1.21 bits per heavy atom. The van der Waals surface area contributed by atoms with Crippen molar-refractivity contribution in [2.45, 2.75) is 11.5 Å². The Labute approximate surface area is 188 Å². The number of carbonyl (C=O) groups excluding carboxylic acids is 2. The van der Waals surface area contributed by atoms with Crippen LogP contribution in [0.5, 0.6) is 0 Å². The van der Waals surface area contributed by atoms with Crippen molar-refractivity contribution in [1.82, 2.24) is 9.88 Å². The number of amides is 1. The summed E-state index contributed by atoms with van der Waals surface area (Å²) in [5, 5.41) is 14.2. The minimum absolute atomic E-state index is 0.109. The van der Waals surface area contributed by atoms with Crippen LogP contribution in [-0.4, -0.2) is 40.1 Å². The molecule has 0 saturated carbocycles. The molecule has 8 nitrogen and oxygen atoms in total. The van der Waals surface area contributed by atoms with E-state index in [9.17, 15) is 24.1 Å². The second-order valence-corrected chi connectivity index (χ2v) is 8.31. The lowest BCUT2D eigenvalue weighted by Gasteiger charge is -2.35. The molecule has 3 atom stereocenters. The summed E-state index contributed by atoms with van der Waals surface area (Å²) < 4.78 is 14.3. The number of hydrogen-bond donors (Lipinski definition) is 1. The van der Waals surface area contributed by atoms with E-state index in [2.05, 4.69) is 10.3 Å². The topological polar surface area (TPSA) is 105 Å². The number of aromatic nitrogens is 1. The molecule has 33 heavy (non-hydrogen) atoms. The molecule has 3 aromatic rings. The highest BCUT2D eigenvalue weighted by atomic mass is 19.1.